The summed E-state index contributed by atoms with van der Waals surface area (Å²) >= 11 is 0. The Bertz CT molecular complexity index is 753. The van der Waals surface area contributed by atoms with E-state index in [1.165, 1.54) is 19.1 Å². The maximum Gasteiger partial charge on any atom is 0.358 e. The topological polar surface area (TPSA) is 72.8 Å². The number of nitrogens with zero attached hydrogens (tertiary/aromatic N) is 1. The largest absolute Gasteiger partial charge is 0.358 e. The third kappa shape index (κ3) is 3.76. The van der Waals surface area contributed by atoms with Gasteiger partial charge in [-0.1, -0.05) is 53.7 Å². The van der Waals surface area contributed by atoms with Gasteiger partial charge in [0.05, 0.1) is 0 Å². The van der Waals surface area contributed by atoms with Gasteiger partial charge in [0.15, 0.2) is 11.5 Å². The van der Waals surface area contributed by atoms with Gasteiger partial charge in [-0.25, -0.2) is 0 Å². The number of hydrogen-bond acceptors (Lipinski definition) is 5. The Morgan fingerprint density at radius 2 is 1.48 bits per heavy atom. The van der Waals surface area contributed by atoms with Gasteiger partial charge in [0, 0.05) is 12.5 Å². The average Bonchev–Trinajstić information content (AvgIpc) is 2.49. The third-order valence-electron chi connectivity index (χ3n) is 2.64. The lowest BCUT2D eigenvalue weighted by Gasteiger charge is -2.04. The highest BCUT2D eigenvalue weighted by molar-refractivity contribution is 7.86. The quantitative estimate of drug-likeness (QED) is 0.628. The van der Waals surface area contributed by atoms with E-state index in [-0.39, 0.29) is 16.4 Å². The van der Waals surface area contributed by atoms with Gasteiger partial charge in [0.25, 0.3) is 0 Å². The molecule has 0 aromatic heterocycles. The highest BCUT2D eigenvalue weighted by atomic mass is 32.2. The van der Waals surface area contributed by atoms with Crippen LogP contribution in [-0.4, -0.2) is 19.9 Å². The number of benzene rings is 2. The lowest BCUT2D eigenvalue weighted by molar-refractivity contribution is -0.111. The second-order valence-electron chi connectivity index (χ2n) is 4.20. The van der Waals surface area contributed by atoms with Crippen LogP contribution in [0.3, 0.4) is 0 Å². The molecule has 0 heterocycles. The van der Waals surface area contributed by atoms with Crippen molar-refractivity contribution < 1.29 is 17.5 Å². The standard InChI is InChI=1S/C15H13NO4S/c1-12(17)15(13-8-4-2-5-9-13)16-20-21(18,19)14-10-6-3-7-11-14/h2-11H,1H3. The van der Waals surface area contributed by atoms with E-state index in [9.17, 15) is 13.2 Å². The first-order valence-electron chi connectivity index (χ1n) is 6.14. The smallest absolute Gasteiger partial charge is 0.293 e. The van der Waals surface area contributed by atoms with Crippen LogP contribution in [0.5, 0.6) is 0 Å². The predicted octanol–water partition coefficient (Wildman–Crippen LogP) is 2.39. The first-order chi connectivity index (χ1) is 10.0. The Kier molecular flexibility index (Phi) is 4.49. The van der Waals surface area contributed by atoms with Crippen molar-refractivity contribution in [1.29, 1.82) is 0 Å². The minimum atomic E-state index is -4.04. The van der Waals surface area contributed by atoms with E-state index >= 15 is 0 Å². The van der Waals surface area contributed by atoms with Crippen molar-refractivity contribution in [3.63, 3.8) is 0 Å². The van der Waals surface area contributed by atoms with E-state index in [2.05, 4.69) is 9.44 Å². The lowest BCUT2D eigenvalue weighted by atomic mass is 10.1. The molecule has 0 bridgehead atoms. The molecule has 0 amide bonds. The summed E-state index contributed by atoms with van der Waals surface area (Å²) in [6.07, 6.45) is 0. The van der Waals surface area contributed by atoms with Gasteiger partial charge in [-0.2, -0.15) is 8.42 Å². The highest BCUT2D eigenvalue weighted by Gasteiger charge is 2.17. The minimum absolute atomic E-state index is 0.0234. The molecule has 2 aromatic carbocycles. The Hall–Kier alpha value is -2.47. The van der Waals surface area contributed by atoms with Crippen molar-refractivity contribution in [3.05, 3.63) is 66.2 Å². The van der Waals surface area contributed by atoms with Crippen molar-refractivity contribution in [3.8, 4) is 0 Å². The van der Waals surface area contributed by atoms with Crippen LogP contribution in [0.25, 0.3) is 0 Å². The number of carbonyl (C=O) groups is 1. The van der Waals surface area contributed by atoms with Gasteiger partial charge in [-0.05, 0) is 12.1 Å². The Morgan fingerprint density at radius 1 is 0.952 bits per heavy atom. The van der Waals surface area contributed by atoms with Crippen LogP contribution in [0.15, 0.2) is 70.7 Å². The lowest BCUT2D eigenvalue weighted by Crippen LogP contribution is -2.14. The summed E-state index contributed by atoms with van der Waals surface area (Å²) in [7, 11) is -4.04. The third-order valence-corrected chi connectivity index (χ3v) is 3.76. The van der Waals surface area contributed by atoms with Crippen molar-refractivity contribution in [1.82, 2.24) is 0 Å². The molecular formula is C15H13NO4S. The summed E-state index contributed by atoms with van der Waals surface area (Å²) < 4.78 is 28.5. The second-order valence-corrected chi connectivity index (χ2v) is 5.73. The molecular weight excluding hydrogens is 290 g/mol. The number of Topliss-reactive ketones (excluding diaryl/α,β-unsaturated/α-hetero) is 1. The van der Waals surface area contributed by atoms with Crippen molar-refractivity contribution in [2.24, 2.45) is 5.16 Å². The zero-order chi connectivity index (χ0) is 15.3. The predicted molar refractivity (Wildman–Crippen MR) is 78.4 cm³/mol. The van der Waals surface area contributed by atoms with Crippen LogP contribution in [0.2, 0.25) is 0 Å². The zero-order valence-corrected chi connectivity index (χ0v) is 12.1. The van der Waals surface area contributed by atoms with Crippen molar-refractivity contribution in [2.75, 3.05) is 0 Å². The number of rotatable bonds is 5. The number of carbonyl (C=O) groups excluding carboxylic acids is 1. The molecule has 21 heavy (non-hydrogen) atoms. The van der Waals surface area contributed by atoms with Crippen LogP contribution in [0, 0.1) is 0 Å². The molecule has 0 unspecified atom stereocenters. The number of oxime groups is 1. The monoisotopic (exact) mass is 303 g/mol. The molecule has 0 N–H and O–H groups in total. The van der Waals surface area contributed by atoms with E-state index in [4.69, 9.17) is 0 Å². The molecule has 0 aliphatic carbocycles. The summed E-state index contributed by atoms with van der Waals surface area (Å²) in [6.45, 7) is 1.30. The molecule has 2 rings (SSSR count). The first-order valence-corrected chi connectivity index (χ1v) is 7.54. The molecule has 5 nitrogen and oxygen atoms in total. The molecule has 0 radical (unpaired) electrons. The van der Waals surface area contributed by atoms with Gasteiger partial charge in [0.1, 0.15) is 4.90 Å². The fourth-order valence-electron chi connectivity index (χ4n) is 1.63. The van der Waals surface area contributed by atoms with Gasteiger partial charge in [-0.3, -0.25) is 9.08 Å². The Morgan fingerprint density at radius 3 is 2.00 bits per heavy atom. The van der Waals surface area contributed by atoms with E-state index in [1.54, 1.807) is 48.5 Å². The summed E-state index contributed by atoms with van der Waals surface area (Å²) in [5, 5.41) is 3.52. The first kappa shape index (κ1) is 14.9. The molecule has 0 atom stereocenters. The normalized spacial score (nSPS) is 12.0. The zero-order valence-electron chi connectivity index (χ0n) is 11.3. The van der Waals surface area contributed by atoms with E-state index in [1.807, 2.05) is 0 Å². The molecule has 0 saturated carbocycles. The summed E-state index contributed by atoms with van der Waals surface area (Å²) in [4.78, 5) is 11.6. The molecule has 0 aliphatic rings. The van der Waals surface area contributed by atoms with Crippen LogP contribution in [0.1, 0.15) is 12.5 Å². The molecule has 6 heteroatoms. The number of ketones is 1. The molecule has 0 fully saturated rings. The fraction of sp³-hybridized carbons (Fsp3) is 0.0667. The maximum absolute atomic E-state index is 11.9. The Balaban J connectivity index is 2.32. The average molecular weight is 303 g/mol. The van der Waals surface area contributed by atoms with E-state index in [0.717, 1.165) is 0 Å². The van der Waals surface area contributed by atoms with Gasteiger partial charge < -0.3 is 0 Å². The van der Waals surface area contributed by atoms with Crippen LogP contribution in [0.4, 0.5) is 0 Å². The summed E-state index contributed by atoms with van der Waals surface area (Å²) in [5.41, 5.74) is 0.448. The summed E-state index contributed by atoms with van der Waals surface area (Å²) in [5.74, 6) is -0.385. The minimum Gasteiger partial charge on any atom is -0.293 e. The molecule has 0 saturated heterocycles. The van der Waals surface area contributed by atoms with Gasteiger partial charge >= 0.3 is 10.1 Å². The highest BCUT2D eigenvalue weighted by Crippen LogP contribution is 2.13. The van der Waals surface area contributed by atoms with Crippen molar-refractivity contribution in [2.45, 2.75) is 11.8 Å². The Labute approximate surface area is 123 Å². The SMILES string of the molecule is CC(=O)C(=NOS(=O)(=O)c1ccccc1)c1ccccc1. The fourth-order valence-corrected chi connectivity index (χ4v) is 2.38. The molecule has 2 aromatic rings. The molecule has 0 spiro atoms. The van der Waals surface area contributed by atoms with Gasteiger partial charge in [0.2, 0.25) is 0 Å². The number of hydrogen-bond donors (Lipinski definition) is 0. The van der Waals surface area contributed by atoms with Crippen molar-refractivity contribution >= 4 is 21.6 Å². The van der Waals surface area contributed by atoms with Crippen LogP contribution < -0.4 is 0 Å². The van der Waals surface area contributed by atoms with Gasteiger partial charge in [-0.15, -0.1) is 0 Å². The van der Waals surface area contributed by atoms with E-state index < -0.39 is 10.1 Å². The van der Waals surface area contributed by atoms with E-state index in [0.29, 0.717) is 5.56 Å². The molecule has 0 aliphatic heterocycles. The van der Waals surface area contributed by atoms with Crippen LogP contribution >= 0.6 is 0 Å². The molecule has 108 valence electrons. The second kappa shape index (κ2) is 6.32. The summed E-state index contributed by atoms with van der Waals surface area (Å²) in [6, 6.07) is 16.1. The van der Waals surface area contributed by atoms with Crippen LogP contribution in [-0.2, 0) is 19.2 Å². The maximum atomic E-state index is 11.9.